The number of methoxy groups -OCH3 is 1. The molecule has 0 aliphatic carbocycles. The number of carbonyl (C=O) groups is 1. The van der Waals surface area contributed by atoms with E-state index in [0.717, 1.165) is 5.69 Å². The highest BCUT2D eigenvalue weighted by Crippen LogP contribution is 2.27. The molecule has 0 aliphatic heterocycles. The standard InChI is InChI=1S/C16H25ClN2O3/c1-11(2)19(10-12(3)20)16(21)7-8-18-14-9-13(17)5-6-15(14)22-4/h5-6,9,11-12,18,20H,7-8,10H2,1-4H3. The summed E-state index contributed by atoms with van der Waals surface area (Å²) in [5.74, 6) is 0.686. The van der Waals surface area contributed by atoms with Crippen LogP contribution >= 0.6 is 11.6 Å². The smallest absolute Gasteiger partial charge is 0.224 e. The Morgan fingerprint density at radius 1 is 1.41 bits per heavy atom. The fraction of sp³-hybridized carbons (Fsp3) is 0.562. The summed E-state index contributed by atoms with van der Waals surface area (Å²) < 4.78 is 5.25. The maximum absolute atomic E-state index is 12.2. The van der Waals surface area contributed by atoms with Crippen molar-refractivity contribution < 1.29 is 14.6 Å². The van der Waals surface area contributed by atoms with E-state index >= 15 is 0 Å². The normalized spacial score (nSPS) is 12.1. The van der Waals surface area contributed by atoms with E-state index in [1.165, 1.54) is 0 Å². The lowest BCUT2D eigenvalue weighted by Crippen LogP contribution is -2.41. The van der Waals surface area contributed by atoms with Crippen molar-refractivity contribution in [1.82, 2.24) is 4.90 Å². The van der Waals surface area contributed by atoms with Gasteiger partial charge in [0.2, 0.25) is 5.91 Å². The lowest BCUT2D eigenvalue weighted by atomic mass is 10.2. The van der Waals surface area contributed by atoms with Gasteiger partial charge in [0.25, 0.3) is 0 Å². The van der Waals surface area contributed by atoms with Crippen molar-refractivity contribution in [3.8, 4) is 5.75 Å². The minimum Gasteiger partial charge on any atom is -0.495 e. The molecule has 6 heteroatoms. The van der Waals surface area contributed by atoms with Crippen LogP contribution in [0.2, 0.25) is 5.02 Å². The fourth-order valence-corrected chi connectivity index (χ4v) is 2.32. The summed E-state index contributed by atoms with van der Waals surface area (Å²) in [6, 6.07) is 5.35. The summed E-state index contributed by atoms with van der Waals surface area (Å²) in [5.41, 5.74) is 0.759. The minimum atomic E-state index is -0.535. The van der Waals surface area contributed by atoms with E-state index in [9.17, 15) is 9.90 Å². The number of nitrogens with zero attached hydrogens (tertiary/aromatic N) is 1. The number of aliphatic hydroxyl groups is 1. The highest BCUT2D eigenvalue weighted by atomic mass is 35.5. The first-order valence-electron chi connectivity index (χ1n) is 7.40. The van der Waals surface area contributed by atoms with Crippen LogP contribution in [0.3, 0.4) is 0 Å². The first-order chi connectivity index (χ1) is 10.3. The molecule has 5 nitrogen and oxygen atoms in total. The molecule has 1 unspecified atom stereocenters. The second-order valence-electron chi connectivity index (χ2n) is 5.51. The average Bonchev–Trinajstić information content (AvgIpc) is 2.44. The number of amides is 1. The zero-order chi connectivity index (χ0) is 16.7. The topological polar surface area (TPSA) is 61.8 Å². The highest BCUT2D eigenvalue weighted by molar-refractivity contribution is 6.30. The Labute approximate surface area is 137 Å². The molecule has 1 aromatic rings. The maximum Gasteiger partial charge on any atom is 0.224 e. The number of rotatable bonds is 8. The van der Waals surface area contributed by atoms with E-state index in [0.29, 0.717) is 30.3 Å². The maximum atomic E-state index is 12.2. The van der Waals surface area contributed by atoms with Crippen molar-refractivity contribution in [2.75, 3.05) is 25.5 Å². The number of aliphatic hydroxyl groups excluding tert-OH is 1. The van der Waals surface area contributed by atoms with Crippen LogP contribution in [0.4, 0.5) is 5.69 Å². The number of hydrogen-bond donors (Lipinski definition) is 2. The molecule has 0 aromatic heterocycles. The van der Waals surface area contributed by atoms with Crippen molar-refractivity contribution >= 4 is 23.2 Å². The van der Waals surface area contributed by atoms with E-state index in [-0.39, 0.29) is 11.9 Å². The van der Waals surface area contributed by atoms with E-state index < -0.39 is 6.10 Å². The second kappa shape index (κ2) is 8.86. The second-order valence-corrected chi connectivity index (χ2v) is 5.95. The predicted octanol–water partition coefficient (Wildman–Crippen LogP) is 2.77. The Hall–Kier alpha value is -1.46. The van der Waals surface area contributed by atoms with Gasteiger partial charge in [-0.2, -0.15) is 0 Å². The zero-order valence-electron chi connectivity index (χ0n) is 13.6. The SMILES string of the molecule is COc1ccc(Cl)cc1NCCC(=O)N(CC(C)O)C(C)C. The van der Waals surface area contributed by atoms with Crippen LogP contribution in [-0.4, -0.2) is 48.3 Å². The third-order valence-electron chi connectivity index (χ3n) is 3.22. The van der Waals surface area contributed by atoms with E-state index in [1.807, 2.05) is 13.8 Å². The highest BCUT2D eigenvalue weighted by Gasteiger charge is 2.18. The Morgan fingerprint density at radius 2 is 2.09 bits per heavy atom. The molecule has 1 rings (SSSR count). The summed E-state index contributed by atoms with van der Waals surface area (Å²) in [7, 11) is 1.59. The Kier molecular flexibility index (Phi) is 7.48. The molecule has 0 saturated heterocycles. The average molecular weight is 329 g/mol. The van der Waals surface area contributed by atoms with Gasteiger partial charge < -0.3 is 20.1 Å². The van der Waals surface area contributed by atoms with Crippen molar-refractivity contribution in [3.63, 3.8) is 0 Å². The summed E-state index contributed by atoms with van der Waals surface area (Å²) >= 11 is 5.97. The number of benzene rings is 1. The summed E-state index contributed by atoms with van der Waals surface area (Å²) in [5, 5.41) is 13.2. The summed E-state index contributed by atoms with van der Waals surface area (Å²) in [4.78, 5) is 13.9. The first-order valence-corrected chi connectivity index (χ1v) is 7.78. The molecular weight excluding hydrogens is 304 g/mol. The van der Waals surface area contributed by atoms with Crippen LogP contribution in [0.1, 0.15) is 27.2 Å². The van der Waals surface area contributed by atoms with E-state index in [1.54, 1.807) is 37.1 Å². The third-order valence-corrected chi connectivity index (χ3v) is 3.46. The number of hydrogen-bond acceptors (Lipinski definition) is 4. The molecule has 2 N–H and O–H groups in total. The molecule has 0 heterocycles. The van der Waals surface area contributed by atoms with Gasteiger partial charge in [-0.05, 0) is 39.0 Å². The quantitative estimate of drug-likeness (QED) is 0.770. The predicted molar refractivity (Wildman–Crippen MR) is 89.6 cm³/mol. The summed E-state index contributed by atoms with van der Waals surface area (Å²) in [6.07, 6.45) is -0.201. The molecule has 0 radical (unpaired) electrons. The van der Waals surface area contributed by atoms with Crippen molar-refractivity contribution in [2.45, 2.75) is 39.3 Å². The Bertz CT molecular complexity index is 492. The van der Waals surface area contributed by atoms with Gasteiger partial charge in [-0.25, -0.2) is 0 Å². The van der Waals surface area contributed by atoms with Gasteiger partial charge in [-0.1, -0.05) is 11.6 Å². The van der Waals surface area contributed by atoms with Gasteiger partial charge in [0, 0.05) is 30.6 Å². The molecule has 1 atom stereocenters. The number of carbonyl (C=O) groups excluding carboxylic acids is 1. The van der Waals surface area contributed by atoms with Gasteiger partial charge >= 0.3 is 0 Å². The number of ether oxygens (including phenoxy) is 1. The number of halogens is 1. The van der Waals surface area contributed by atoms with Gasteiger partial charge in [0.05, 0.1) is 18.9 Å². The minimum absolute atomic E-state index is 0.00407. The molecule has 0 spiro atoms. The van der Waals surface area contributed by atoms with Crippen LogP contribution in [-0.2, 0) is 4.79 Å². The number of nitrogens with one attached hydrogen (secondary N) is 1. The molecule has 124 valence electrons. The monoisotopic (exact) mass is 328 g/mol. The number of anilines is 1. The van der Waals surface area contributed by atoms with Crippen molar-refractivity contribution in [1.29, 1.82) is 0 Å². The molecule has 0 bridgehead atoms. The van der Waals surface area contributed by atoms with Crippen LogP contribution < -0.4 is 10.1 Å². The van der Waals surface area contributed by atoms with Crippen LogP contribution in [0, 0.1) is 0 Å². The lowest BCUT2D eigenvalue weighted by molar-refractivity contribution is -0.134. The van der Waals surface area contributed by atoms with Gasteiger partial charge in [0.15, 0.2) is 0 Å². The Morgan fingerprint density at radius 3 is 2.64 bits per heavy atom. The first kappa shape index (κ1) is 18.6. The van der Waals surface area contributed by atoms with Gasteiger partial charge in [-0.15, -0.1) is 0 Å². The molecule has 0 aliphatic rings. The summed E-state index contributed by atoms with van der Waals surface area (Å²) in [6.45, 7) is 6.37. The molecule has 22 heavy (non-hydrogen) atoms. The van der Waals surface area contributed by atoms with Crippen LogP contribution in [0.15, 0.2) is 18.2 Å². The lowest BCUT2D eigenvalue weighted by Gasteiger charge is -2.28. The molecule has 1 amide bonds. The third kappa shape index (κ3) is 5.73. The van der Waals surface area contributed by atoms with Gasteiger partial charge in [0.1, 0.15) is 5.75 Å². The molecule has 0 fully saturated rings. The van der Waals surface area contributed by atoms with Crippen LogP contribution in [0.5, 0.6) is 5.75 Å². The van der Waals surface area contributed by atoms with Crippen molar-refractivity contribution in [2.24, 2.45) is 0 Å². The Balaban J connectivity index is 2.59. The largest absolute Gasteiger partial charge is 0.495 e. The molecule has 0 saturated carbocycles. The molecule has 1 aromatic carbocycles. The van der Waals surface area contributed by atoms with Crippen molar-refractivity contribution in [3.05, 3.63) is 23.2 Å². The van der Waals surface area contributed by atoms with Gasteiger partial charge in [-0.3, -0.25) is 4.79 Å². The van der Waals surface area contributed by atoms with Crippen LogP contribution in [0.25, 0.3) is 0 Å². The molecular formula is C16H25ClN2O3. The fourth-order valence-electron chi connectivity index (χ4n) is 2.15. The van der Waals surface area contributed by atoms with E-state index in [4.69, 9.17) is 16.3 Å². The zero-order valence-corrected chi connectivity index (χ0v) is 14.4. The van der Waals surface area contributed by atoms with E-state index in [2.05, 4.69) is 5.32 Å².